The van der Waals surface area contributed by atoms with E-state index in [1.54, 1.807) is 7.11 Å². The highest BCUT2D eigenvalue weighted by Crippen LogP contribution is 2.25. The molecule has 9 heteroatoms. The van der Waals surface area contributed by atoms with Gasteiger partial charge in [-0.3, -0.25) is 9.80 Å². The zero-order valence-electron chi connectivity index (χ0n) is 18.3. The number of nitrogens with one attached hydrogen (secondary N) is 1. The maximum Gasteiger partial charge on any atom is 0.232 e. The second-order valence-corrected chi connectivity index (χ2v) is 7.54. The molecule has 1 saturated heterocycles. The van der Waals surface area contributed by atoms with E-state index in [9.17, 15) is 0 Å². The molecular weight excluding hydrogens is 406 g/mol. The molecule has 0 amide bonds. The van der Waals surface area contributed by atoms with Gasteiger partial charge in [0.25, 0.3) is 0 Å². The van der Waals surface area contributed by atoms with E-state index in [1.807, 2.05) is 54.6 Å². The SMILES string of the molecule is COc1ccccc1Nc1nc(N)nc(CN2CCN(CCOc3ccccc3)CC2)n1. The average Bonchev–Trinajstić information content (AvgIpc) is 2.81. The first-order valence-electron chi connectivity index (χ1n) is 10.7. The Balaban J connectivity index is 1.27. The Morgan fingerprint density at radius 1 is 0.906 bits per heavy atom. The van der Waals surface area contributed by atoms with E-state index < -0.39 is 0 Å². The van der Waals surface area contributed by atoms with Crippen molar-refractivity contribution in [1.82, 2.24) is 24.8 Å². The van der Waals surface area contributed by atoms with E-state index in [-0.39, 0.29) is 5.95 Å². The van der Waals surface area contributed by atoms with Crippen molar-refractivity contribution in [3.8, 4) is 11.5 Å². The number of rotatable bonds is 9. The minimum atomic E-state index is 0.198. The van der Waals surface area contributed by atoms with E-state index in [0.717, 1.165) is 44.2 Å². The summed E-state index contributed by atoms with van der Waals surface area (Å²) < 4.78 is 11.2. The van der Waals surface area contributed by atoms with Crippen molar-refractivity contribution >= 4 is 17.6 Å². The monoisotopic (exact) mass is 435 g/mol. The predicted molar refractivity (Wildman–Crippen MR) is 124 cm³/mol. The zero-order chi connectivity index (χ0) is 22.2. The molecule has 0 aliphatic carbocycles. The van der Waals surface area contributed by atoms with Crippen LogP contribution in [0.3, 0.4) is 0 Å². The summed E-state index contributed by atoms with van der Waals surface area (Å²) in [7, 11) is 1.63. The highest BCUT2D eigenvalue weighted by Gasteiger charge is 2.18. The number of para-hydroxylation sites is 3. The van der Waals surface area contributed by atoms with Gasteiger partial charge in [0.2, 0.25) is 11.9 Å². The molecule has 0 spiro atoms. The van der Waals surface area contributed by atoms with Gasteiger partial charge in [-0.1, -0.05) is 30.3 Å². The molecule has 0 radical (unpaired) electrons. The first-order valence-corrected chi connectivity index (χ1v) is 10.7. The molecule has 1 aliphatic heterocycles. The van der Waals surface area contributed by atoms with Gasteiger partial charge in [-0.05, 0) is 24.3 Å². The predicted octanol–water partition coefficient (Wildman–Crippen LogP) is 2.40. The molecule has 2 aromatic carbocycles. The van der Waals surface area contributed by atoms with Gasteiger partial charge in [0.05, 0.1) is 19.3 Å². The highest BCUT2D eigenvalue weighted by molar-refractivity contribution is 5.62. The molecule has 3 aromatic rings. The van der Waals surface area contributed by atoms with Crippen LogP contribution in [0.25, 0.3) is 0 Å². The standard InChI is InChI=1S/C23H29N7O2/c1-31-20-10-6-5-9-19(20)25-23-27-21(26-22(24)28-23)17-30-13-11-29(12-14-30)15-16-32-18-7-3-2-4-8-18/h2-10H,11-17H2,1H3,(H3,24,25,26,27,28). The Bertz CT molecular complexity index is 995. The Morgan fingerprint density at radius 2 is 1.62 bits per heavy atom. The average molecular weight is 436 g/mol. The van der Waals surface area contributed by atoms with Crippen molar-refractivity contribution in [2.75, 3.05) is 57.5 Å². The van der Waals surface area contributed by atoms with Crippen LogP contribution in [0.5, 0.6) is 11.5 Å². The molecule has 9 nitrogen and oxygen atoms in total. The third kappa shape index (κ3) is 6.05. The van der Waals surface area contributed by atoms with Gasteiger partial charge in [-0.25, -0.2) is 0 Å². The summed E-state index contributed by atoms with van der Waals surface area (Å²) >= 11 is 0. The third-order valence-corrected chi connectivity index (χ3v) is 5.30. The Hall–Kier alpha value is -3.43. The van der Waals surface area contributed by atoms with Crippen LogP contribution >= 0.6 is 0 Å². The van der Waals surface area contributed by atoms with Gasteiger partial charge < -0.3 is 20.5 Å². The van der Waals surface area contributed by atoms with Gasteiger partial charge in [0.1, 0.15) is 23.9 Å². The molecule has 3 N–H and O–H groups in total. The number of hydrogen-bond donors (Lipinski definition) is 2. The van der Waals surface area contributed by atoms with Crippen LogP contribution in [0.15, 0.2) is 54.6 Å². The van der Waals surface area contributed by atoms with Crippen molar-refractivity contribution in [3.63, 3.8) is 0 Å². The number of piperazine rings is 1. The van der Waals surface area contributed by atoms with E-state index in [2.05, 4.69) is 30.1 Å². The molecule has 4 rings (SSSR count). The number of nitrogens with two attached hydrogens (primary N) is 1. The first kappa shape index (κ1) is 21.8. The lowest BCUT2D eigenvalue weighted by molar-refractivity contribution is 0.111. The molecule has 168 valence electrons. The number of methoxy groups -OCH3 is 1. The third-order valence-electron chi connectivity index (χ3n) is 5.30. The molecule has 0 saturated carbocycles. The summed E-state index contributed by atoms with van der Waals surface area (Å²) in [6.45, 7) is 6.05. The highest BCUT2D eigenvalue weighted by atomic mass is 16.5. The normalized spacial score (nSPS) is 14.8. The smallest absolute Gasteiger partial charge is 0.232 e. The zero-order valence-corrected chi connectivity index (χ0v) is 18.3. The summed E-state index contributed by atoms with van der Waals surface area (Å²) in [5, 5.41) is 3.18. The molecule has 0 unspecified atom stereocenters. The van der Waals surface area contributed by atoms with E-state index in [0.29, 0.717) is 30.7 Å². The van der Waals surface area contributed by atoms with Gasteiger partial charge in [0, 0.05) is 32.7 Å². The molecule has 1 fully saturated rings. The Morgan fingerprint density at radius 3 is 2.41 bits per heavy atom. The molecule has 0 atom stereocenters. The number of ether oxygens (including phenoxy) is 2. The Kier molecular flexibility index (Phi) is 7.31. The van der Waals surface area contributed by atoms with Crippen LogP contribution in [0.2, 0.25) is 0 Å². The van der Waals surface area contributed by atoms with Crippen LogP contribution in [-0.4, -0.2) is 71.2 Å². The number of nitrogens with zero attached hydrogens (tertiary/aromatic N) is 5. The number of hydrogen-bond acceptors (Lipinski definition) is 9. The van der Waals surface area contributed by atoms with Gasteiger partial charge in [0.15, 0.2) is 0 Å². The summed E-state index contributed by atoms with van der Waals surface area (Å²) in [6.07, 6.45) is 0. The van der Waals surface area contributed by atoms with Crippen LogP contribution in [0.1, 0.15) is 5.82 Å². The molecule has 1 aromatic heterocycles. The minimum Gasteiger partial charge on any atom is -0.495 e. The van der Waals surface area contributed by atoms with Crippen molar-refractivity contribution in [3.05, 3.63) is 60.4 Å². The first-order chi connectivity index (χ1) is 15.7. The maximum absolute atomic E-state index is 5.94. The molecule has 2 heterocycles. The fourth-order valence-corrected chi connectivity index (χ4v) is 3.61. The summed E-state index contributed by atoms with van der Waals surface area (Å²) in [4.78, 5) is 17.8. The van der Waals surface area contributed by atoms with Crippen LogP contribution in [-0.2, 0) is 6.54 Å². The second kappa shape index (κ2) is 10.7. The van der Waals surface area contributed by atoms with Gasteiger partial charge in [-0.2, -0.15) is 15.0 Å². The summed E-state index contributed by atoms with van der Waals surface area (Å²) in [6, 6.07) is 17.5. The van der Waals surface area contributed by atoms with Crippen LogP contribution < -0.4 is 20.5 Å². The quantitative estimate of drug-likeness (QED) is 0.524. The van der Waals surface area contributed by atoms with E-state index >= 15 is 0 Å². The van der Waals surface area contributed by atoms with Gasteiger partial charge >= 0.3 is 0 Å². The summed E-state index contributed by atoms with van der Waals surface area (Å²) in [5.74, 6) is 2.88. The molecule has 1 aliphatic rings. The van der Waals surface area contributed by atoms with Crippen LogP contribution in [0, 0.1) is 0 Å². The molecule has 32 heavy (non-hydrogen) atoms. The largest absolute Gasteiger partial charge is 0.495 e. The van der Waals surface area contributed by atoms with Crippen molar-refractivity contribution in [2.24, 2.45) is 0 Å². The molecule has 0 bridgehead atoms. The topological polar surface area (TPSA) is 102 Å². The number of anilines is 3. The maximum atomic E-state index is 5.94. The fraction of sp³-hybridized carbons (Fsp3) is 0.348. The van der Waals surface area contributed by atoms with Crippen molar-refractivity contribution < 1.29 is 9.47 Å². The number of nitrogen functional groups attached to an aromatic ring is 1. The van der Waals surface area contributed by atoms with Gasteiger partial charge in [-0.15, -0.1) is 0 Å². The lowest BCUT2D eigenvalue weighted by atomic mass is 10.3. The number of aromatic nitrogens is 3. The van der Waals surface area contributed by atoms with Crippen molar-refractivity contribution in [2.45, 2.75) is 6.54 Å². The fourth-order valence-electron chi connectivity index (χ4n) is 3.61. The minimum absolute atomic E-state index is 0.198. The van der Waals surface area contributed by atoms with Crippen LogP contribution in [0.4, 0.5) is 17.6 Å². The van der Waals surface area contributed by atoms with Crippen molar-refractivity contribution in [1.29, 1.82) is 0 Å². The van der Waals surface area contributed by atoms with E-state index in [1.165, 1.54) is 0 Å². The molecular formula is C23H29N7O2. The number of benzene rings is 2. The lowest BCUT2D eigenvalue weighted by Crippen LogP contribution is -2.47. The summed E-state index contributed by atoms with van der Waals surface area (Å²) in [5.41, 5.74) is 6.72. The second-order valence-electron chi connectivity index (χ2n) is 7.54. The van der Waals surface area contributed by atoms with E-state index in [4.69, 9.17) is 15.2 Å². The lowest BCUT2D eigenvalue weighted by Gasteiger charge is -2.34. The Labute approximate surface area is 188 Å².